The number of carbonyl (C=O) groups is 2. The second-order valence-electron chi connectivity index (χ2n) is 5.26. The maximum absolute atomic E-state index is 11.9. The van der Waals surface area contributed by atoms with Gasteiger partial charge in [-0.15, -0.1) is 0 Å². The molecule has 0 atom stereocenters. The molecule has 7 nitrogen and oxygen atoms in total. The molecule has 0 aromatic carbocycles. The van der Waals surface area contributed by atoms with Crippen LogP contribution in [0.4, 0.5) is 4.79 Å². The fourth-order valence-electron chi connectivity index (χ4n) is 1.88. The van der Waals surface area contributed by atoms with Gasteiger partial charge in [-0.1, -0.05) is 0 Å². The van der Waals surface area contributed by atoms with Gasteiger partial charge in [0.05, 0.1) is 13.2 Å². The molecule has 0 aliphatic heterocycles. The lowest BCUT2D eigenvalue weighted by Crippen LogP contribution is -2.44. The second-order valence-corrected chi connectivity index (χ2v) is 5.26. The maximum Gasteiger partial charge on any atom is 0.323 e. The molecule has 0 bridgehead atoms. The van der Waals surface area contributed by atoms with Gasteiger partial charge < -0.3 is 24.8 Å². The number of unbranched alkanes of at least 4 members (excludes halogenated alkanes) is 1. The number of hydrogen-bond acceptors (Lipinski definition) is 4. The minimum absolute atomic E-state index is 0.234. The van der Waals surface area contributed by atoms with Gasteiger partial charge in [0.1, 0.15) is 6.54 Å². The number of aliphatic carboxylic acids is 1. The van der Waals surface area contributed by atoms with E-state index < -0.39 is 5.97 Å². The molecular weight excluding hydrogens is 276 g/mol. The molecule has 7 heteroatoms. The molecule has 1 fully saturated rings. The SMILES string of the molecule is COCCOCCCCNC(=O)N(CC(=O)O)CC1CC1. The number of nitrogens with one attached hydrogen (secondary N) is 1. The molecule has 0 aromatic rings. The highest BCUT2D eigenvalue weighted by atomic mass is 16.5. The summed E-state index contributed by atoms with van der Waals surface area (Å²) in [7, 11) is 1.63. The highest BCUT2D eigenvalue weighted by Gasteiger charge is 2.27. The largest absolute Gasteiger partial charge is 0.480 e. The molecule has 122 valence electrons. The standard InChI is InChI=1S/C14H26N2O5/c1-20-8-9-21-7-3-2-6-15-14(19)16(11-13(17)18)10-12-4-5-12/h12H,2-11H2,1H3,(H,15,19)(H,17,18). The third-order valence-electron chi connectivity index (χ3n) is 3.21. The molecule has 0 aromatic heterocycles. The molecule has 2 N–H and O–H groups in total. The number of carboxylic acids is 1. The Morgan fingerprint density at radius 3 is 2.62 bits per heavy atom. The number of ether oxygens (including phenoxy) is 2. The molecule has 1 aliphatic carbocycles. The molecule has 1 rings (SSSR count). The van der Waals surface area contributed by atoms with Crippen LogP contribution in [0.2, 0.25) is 0 Å². The monoisotopic (exact) mass is 302 g/mol. The Bertz CT molecular complexity index is 320. The first-order chi connectivity index (χ1) is 10.1. The van der Waals surface area contributed by atoms with E-state index in [-0.39, 0.29) is 12.6 Å². The van der Waals surface area contributed by atoms with E-state index in [9.17, 15) is 9.59 Å². The van der Waals surface area contributed by atoms with Gasteiger partial charge in [-0.2, -0.15) is 0 Å². The van der Waals surface area contributed by atoms with Crippen molar-refractivity contribution < 1.29 is 24.2 Å². The van der Waals surface area contributed by atoms with Crippen LogP contribution < -0.4 is 5.32 Å². The molecule has 2 amide bonds. The number of methoxy groups -OCH3 is 1. The zero-order chi connectivity index (χ0) is 15.5. The van der Waals surface area contributed by atoms with E-state index >= 15 is 0 Å². The fourth-order valence-corrected chi connectivity index (χ4v) is 1.88. The van der Waals surface area contributed by atoms with Gasteiger partial charge in [0, 0.05) is 26.8 Å². The van der Waals surface area contributed by atoms with E-state index in [1.807, 2.05) is 0 Å². The molecular formula is C14H26N2O5. The van der Waals surface area contributed by atoms with Crippen molar-refractivity contribution in [3.63, 3.8) is 0 Å². The van der Waals surface area contributed by atoms with Crippen LogP contribution in [0.25, 0.3) is 0 Å². The van der Waals surface area contributed by atoms with Gasteiger partial charge in [0.25, 0.3) is 0 Å². The molecule has 1 saturated carbocycles. The normalized spacial score (nSPS) is 14.0. The minimum atomic E-state index is -0.975. The van der Waals surface area contributed by atoms with Crippen molar-refractivity contribution in [3.05, 3.63) is 0 Å². The van der Waals surface area contributed by atoms with Crippen molar-refractivity contribution in [1.82, 2.24) is 10.2 Å². The smallest absolute Gasteiger partial charge is 0.323 e. The first kappa shape index (κ1) is 17.7. The number of nitrogens with zero attached hydrogens (tertiary/aromatic N) is 1. The molecule has 1 aliphatic rings. The second kappa shape index (κ2) is 10.4. The van der Waals surface area contributed by atoms with Crippen LogP contribution in [-0.2, 0) is 14.3 Å². The maximum atomic E-state index is 11.9. The summed E-state index contributed by atoms with van der Waals surface area (Å²) in [4.78, 5) is 24.1. The Balaban J connectivity index is 2.07. The van der Waals surface area contributed by atoms with Gasteiger partial charge in [0.15, 0.2) is 0 Å². The summed E-state index contributed by atoms with van der Waals surface area (Å²) in [6, 6.07) is -0.287. The molecule has 0 saturated heterocycles. The van der Waals surface area contributed by atoms with Crippen molar-refractivity contribution in [2.24, 2.45) is 5.92 Å². The van der Waals surface area contributed by atoms with E-state index in [1.54, 1.807) is 7.11 Å². The highest BCUT2D eigenvalue weighted by Crippen LogP contribution is 2.29. The Morgan fingerprint density at radius 2 is 2.00 bits per heavy atom. The number of urea groups is 1. The van der Waals surface area contributed by atoms with E-state index in [0.717, 1.165) is 25.7 Å². The third kappa shape index (κ3) is 9.25. The average Bonchev–Trinajstić information content (AvgIpc) is 3.24. The van der Waals surface area contributed by atoms with Crippen LogP contribution in [0, 0.1) is 5.92 Å². The van der Waals surface area contributed by atoms with Gasteiger partial charge >= 0.3 is 12.0 Å². The lowest BCUT2D eigenvalue weighted by Gasteiger charge is -2.21. The summed E-state index contributed by atoms with van der Waals surface area (Å²) in [5, 5.41) is 11.6. The Kier molecular flexibility index (Phi) is 8.77. The summed E-state index contributed by atoms with van der Waals surface area (Å²) >= 11 is 0. The predicted molar refractivity (Wildman–Crippen MR) is 77.3 cm³/mol. The Morgan fingerprint density at radius 1 is 1.24 bits per heavy atom. The average molecular weight is 302 g/mol. The number of hydrogen-bond donors (Lipinski definition) is 2. The van der Waals surface area contributed by atoms with Crippen molar-refractivity contribution >= 4 is 12.0 Å². The van der Waals surface area contributed by atoms with Crippen LogP contribution >= 0.6 is 0 Å². The Hall–Kier alpha value is -1.34. The molecule has 0 radical (unpaired) electrons. The van der Waals surface area contributed by atoms with Gasteiger partial charge in [-0.05, 0) is 31.6 Å². The number of rotatable bonds is 12. The van der Waals surface area contributed by atoms with E-state index in [0.29, 0.717) is 38.8 Å². The van der Waals surface area contributed by atoms with Crippen LogP contribution in [0.15, 0.2) is 0 Å². The predicted octanol–water partition coefficient (Wildman–Crippen LogP) is 0.936. The quantitative estimate of drug-likeness (QED) is 0.524. The number of amides is 2. The first-order valence-electron chi connectivity index (χ1n) is 7.44. The van der Waals surface area contributed by atoms with Crippen molar-refractivity contribution in [2.75, 3.05) is 46.6 Å². The van der Waals surface area contributed by atoms with Crippen molar-refractivity contribution in [3.8, 4) is 0 Å². The summed E-state index contributed by atoms with van der Waals surface area (Å²) in [5.41, 5.74) is 0. The summed E-state index contributed by atoms with van der Waals surface area (Å²) in [6.45, 7) is 2.65. The Labute approximate surface area is 125 Å². The van der Waals surface area contributed by atoms with E-state index in [1.165, 1.54) is 4.90 Å². The molecule has 21 heavy (non-hydrogen) atoms. The summed E-state index contributed by atoms with van der Waals surface area (Å²) < 4.78 is 10.2. The van der Waals surface area contributed by atoms with Crippen molar-refractivity contribution in [1.29, 1.82) is 0 Å². The van der Waals surface area contributed by atoms with Crippen LogP contribution in [0.5, 0.6) is 0 Å². The molecule has 0 spiro atoms. The van der Waals surface area contributed by atoms with Crippen LogP contribution in [0.3, 0.4) is 0 Å². The number of carboxylic acid groups (broad SMARTS) is 1. The fraction of sp³-hybridized carbons (Fsp3) is 0.857. The lowest BCUT2D eigenvalue weighted by atomic mass is 10.3. The zero-order valence-corrected chi connectivity index (χ0v) is 12.7. The third-order valence-corrected chi connectivity index (χ3v) is 3.21. The van der Waals surface area contributed by atoms with Gasteiger partial charge in [-0.25, -0.2) is 4.79 Å². The first-order valence-corrected chi connectivity index (χ1v) is 7.44. The zero-order valence-electron chi connectivity index (χ0n) is 12.7. The lowest BCUT2D eigenvalue weighted by molar-refractivity contribution is -0.137. The molecule has 0 heterocycles. The van der Waals surface area contributed by atoms with Crippen LogP contribution in [-0.4, -0.2) is 68.6 Å². The van der Waals surface area contributed by atoms with Gasteiger partial charge in [0.2, 0.25) is 0 Å². The van der Waals surface area contributed by atoms with Crippen LogP contribution in [0.1, 0.15) is 25.7 Å². The minimum Gasteiger partial charge on any atom is -0.480 e. The van der Waals surface area contributed by atoms with E-state index in [2.05, 4.69) is 5.32 Å². The van der Waals surface area contributed by atoms with E-state index in [4.69, 9.17) is 14.6 Å². The topological polar surface area (TPSA) is 88.1 Å². The van der Waals surface area contributed by atoms with Crippen molar-refractivity contribution in [2.45, 2.75) is 25.7 Å². The highest BCUT2D eigenvalue weighted by molar-refractivity contribution is 5.80. The van der Waals surface area contributed by atoms with Gasteiger partial charge in [-0.3, -0.25) is 4.79 Å². The summed E-state index contributed by atoms with van der Waals surface area (Å²) in [6.07, 6.45) is 3.83. The summed E-state index contributed by atoms with van der Waals surface area (Å²) in [5.74, 6) is -0.498. The number of carbonyl (C=O) groups excluding carboxylic acids is 1. The molecule has 0 unspecified atom stereocenters.